The van der Waals surface area contributed by atoms with Gasteiger partial charge >= 0.3 is 0 Å². The second-order valence-corrected chi connectivity index (χ2v) is 2.78. The van der Waals surface area contributed by atoms with Gasteiger partial charge in [0.2, 0.25) is 5.88 Å². The quantitative estimate of drug-likeness (QED) is 0.541. The number of carbonyl (C=O) groups excluding carboxylic acids is 1. The molecule has 0 bridgehead atoms. The molecule has 0 spiro atoms. The Morgan fingerprint density at radius 2 is 2.00 bits per heavy atom. The highest BCUT2D eigenvalue weighted by Gasteiger charge is 2.15. The van der Waals surface area contributed by atoms with Crippen LogP contribution in [0.4, 0.5) is 0 Å². The van der Waals surface area contributed by atoms with E-state index in [2.05, 4.69) is 4.98 Å². The Balaban J connectivity index is 3.15. The van der Waals surface area contributed by atoms with Gasteiger partial charge in [0.25, 0.3) is 0 Å². The molecule has 0 fully saturated rings. The van der Waals surface area contributed by atoms with Crippen molar-refractivity contribution in [3.05, 3.63) is 23.4 Å². The SMILES string of the molecule is COc1cc(C(OC)OC)c(C=O)cn1. The van der Waals surface area contributed by atoms with Crippen molar-refractivity contribution in [1.29, 1.82) is 0 Å². The Kier molecular flexibility index (Phi) is 4.20. The molecule has 1 rings (SSSR count). The summed E-state index contributed by atoms with van der Waals surface area (Å²) in [5, 5.41) is 0. The molecule has 0 amide bonds. The third-order valence-electron chi connectivity index (χ3n) is 1.96. The van der Waals surface area contributed by atoms with E-state index in [1.165, 1.54) is 27.5 Å². The van der Waals surface area contributed by atoms with Crippen LogP contribution in [0.2, 0.25) is 0 Å². The van der Waals surface area contributed by atoms with Crippen molar-refractivity contribution in [3.8, 4) is 5.88 Å². The number of methoxy groups -OCH3 is 3. The highest BCUT2D eigenvalue weighted by molar-refractivity contribution is 5.77. The standard InChI is InChI=1S/C10H13NO4/c1-13-9-4-8(10(14-2)15-3)7(6-12)5-11-9/h4-6,10H,1-3H3. The highest BCUT2D eigenvalue weighted by atomic mass is 16.7. The third-order valence-corrected chi connectivity index (χ3v) is 1.96. The summed E-state index contributed by atoms with van der Waals surface area (Å²) < 4.78 is 15.1. The smallest absolute Gasteiger partial charge is 0.213 e. The molecule has 15 heavy (non-hydrogen) atoms. The number of aldehydes is 1. The van der Waals surface area contributed by atoms with E-state index >= 15 is 0 Å². The van der Waals surface area contributed by atoms with Crippen molar-refractivity contribution < 1.29 is 19.0 Å². The van der Waals surface area contributed by atoms with Crippen LogP contribution in [0.1, 0.15) is 22.2 Å². The minimum Gasteiger partial charge on any atom is -0.481 e. The lowest BCUT2D eigenvalue weighted by Gasteiger charge is -2.15. The molecule has 82 valence electrons. The van der Waals surface area contributed by atoms with Crippen LogP contribution in [0.5, 0.6) is 5.88 Å². The van der Waals surface area contributed by atoms with Crippen LogP contribution in [0, 0.1) is 0 Å². The number of hydrogen-bond donors (Lipinski definition) is 0. The summed E-state index contributed by atoms with van der Waals surface area (Å²) in [5.74, 6) is 0.412. The van der Waals surface area contributed by atoms with Crippen molar-refractivity contribution in [2.45, 2.75) is 6.29 Å². The van der Waals surface area contributed by atoms with Crippen LogP contribution >= 0.6 is 0 Å². The number of ether oxygens (including phenoxy) is 3. The number of carbonyl (C=O) groups is 1. The van der Waals surface area contributed by atoms with Crippen LogP contribution in [0.3, 0.4) is 0 Å². The van der Waals surface area contributed by atoms with E-state index in [1.54, 1.807) is 6.07 Å². The normalized spacial score (nSPS) is 10.4. The number of rotatable bonds is 5. The maximum Gasteiger partial charge on any atom is 0.213 e. The summed E-state index contributed by atoms with van der Waals surface area (Å²) in [7, 11) is 4.49. The van der Waals surface area contributed by atoms with Crippen LogP contribution in [-0.4, -0.2) is 32.6 Å². The first-order valence-corrected chi connectivity index (χ1v) is 4.31. The summed E-state index contributed by atoms with van der Waals surface area (Å²) in [6.45, 7) is 0. The van der Waals surface area contributed by atoms with Crippen molar-refractivity contribution in [2.24, 2.45) is 0 Å². The van der Waals surface area contributed by atoms with Gasteiger partial charge in [-0.05, 0) is 0 Å². The van der Waals surface area contributed by atoms with Gasteiger partial charge in [0.1, 0.15) is 0 Å². The molecule has 5 heteroatoms. The number of nitrogens with zero attached hydrogens (tertiary/aromatic N) is 1. The summed E-state index contributed by atoms with van der Waals surface area (Å²) in [5.41, 5.74) is 1.02. The number of aromatic nitrogens is 1. The van der Waals surface area contributed by atoms with Crippen molar-refractivity contribution >= 4 is 6.29 Å². The lowest BCUT2D eigenvalue weighted by molar-refractivity contribution is -0.106. The first-order chi connectivity index (χ1) is 7.26. The zero-order chi connectivity index (χ0) is 11.3. The Bertz CT molecular complexity index is 336. The fourth-order valence-electron chi connectivity index (χ4n) is 1.23. The third kappa shape index (κ3) is 2.51. The molecular formula is C10H13NO4. The molecule has 1 aromatic heterocycles. The van der Waals surface area contributed by atoms with Gasteiger partial charge in [-0.2, -0.15) is 0 Å². The summed E-state index contributed by atoms with van der Waals surface area (Å²) in [6, 6.07) is 1.61. The molecule has 0 aliphatic carbocycles. The van der Waals surface area contributed by atoms with Crippen molar-refractivity contribution in [1.82, 2.24) is 4.98 Å². The van der Waals surface area contributed by atoms with E-state index in [0.29, 0.717) is 23.3 Å². The van der Waals surface area contributed by atoms with E-state index in [0.717, 1.165) is 0 Å². The molecule has 0 aliphatic rings. The molecule has 0 aliphatic heterocycles. The Hall–Kier alpha value is -1.46. The number of pyridine rings is 1. The molecule has 0 aromatic carbocycles. The van der Waals surface area contributed by atoms with Gasteiger partial charge in [-0.1, -0.05) is 0 Å². The van der Waals surface area contributed by atoms with Crippen LogP contribution in [0.25, 0.3) is 0 Å². The molecule has 0 radical (unpaired) electrons. The minimum atomic E-state index is -0.595. The minimum absolute atomic E-state index is 0.412. The number of hydrogen-bond acceptors (Lipinski definition) is 5. The van der Waals surface area contributed by atoms with E-state index in [9.17, 15) is 4.79 Å². The molecule has 1 heterocycles. The van der Waals surface area contributed by atoms with Gasteiger partial charge < -0.3 is 14.2 Å². The zero-order valence-electron chi connectivity index (χ0n) is 8.89. The summed E-state index contributed by atoms with van der Waals surface area (Å²) >= 11 is 0. The lowest BCUT2D eigenvalue weighted by atomic mass is 10.1. The van der Waals surface area contributed by atoms with Gasteiger partial charge in [0.15, 0.2) is 12.6 Å². The Morgan fingerprint density at radius 3 is 2.47 bits per heavy atom. The predicted molar refractivity (Wildman–Crippen MR) is 52.9 cm³/mol. The summed E-state index contributed by atoms with van der Waals surface area (Å²) in [6.07, 6.45) is 1.53. The van der Waals surface area contributed by atoms with Crippen LogP contribution in [0.15, 0.2) is 12.3 Å². The maximum atomic E-state index is 10.8. The van der Waals surface area contributed by atoms with E-state index in [-0.39, 0.29) is 0 Å². The highest BCUT2D eigenvalue weighted by Crippen LogP contribution is 2.23. The van der Waals surface area contributed by atoms with Gasteiger partial charge in [0.05, 0.1) is 7.11 Å². The molecular weight excluding hydrogens is 198 g/mol. The Labute approximate surface area is 88.0 Å². The molecule has 0 unspecified atom stereocenters. The first-order valence-electron chi connectivity index (χ1n) is 4.31. The molecule has 1 aromatic rings. The molecule has 5 nitrogen and oxygen atoms in total. The fraction of sp³-hybridized carbons (Fsp3) is 0.400. The van der Waals surface area contributed by atoms with Crippen LogP contribution in [-0.2, 0) is 9.47 Å². The topological polar surface area (TPSA) is 57.7 Å². The zero-order valence-corrected chi connectivity index (χ0v) is 8.89. The van der Waals surface area contributed by atoms with Gasteiger partial charge in [0, 0.05) is 37.6 Å². The lowest BCUT2D eigenvalue weighted by Crippen LogP contribution is -2.08. The molecule has 0 N–H and O–H groups in total. The van der Waals surface area contributed by atoms with E-state index in [1.807, 2.05) is 0 Å². The predicted octanol–water partition coefficient (Wildman–Crippen LogP) is 1.19. The largest absolute Gasteiger partial charge is 0.481 e. The molecule has 0 saturated carbocycles. The van der Waals surface area contributed by atoms with E-state index < -0.39 is 6.29 Å². The van der Waals surface area contributed by atoms with Crippen molar-refractivity contribution in [2.75, 3.05) is 21.3 Å². The van der Waals surface area contributed by atoms with Gasteiger partial charge in [-0.15, -0.1) is 0 Å². The fourth-order valence-corrected chi connectivity index (χ4v) is 1.23. The summed E-state index contributed by atoms with van der Waals surface area (Å²) in [4.78, 5) is 14.7. The first kappa shape index (κ1) is 11.6. The maximum absolute atomic E-state index is 10.8. The average Bonchev–Trinajstić information content (AvgIpc) is 2.30. The van der Waals surface area contributed by atoms with Gasteiger partial charge in [-0.25, -0.2) is 4.98 Å². The average molecular weight is 211 g/mol. The van der Waals surface area contributed by atoms with Crippen LogP contribution < -0.4 is 4.74 Å². The van der Waals surface area contributed by atoms with Crippen molar-refractivity contribution in [3.63, 3.8) is 0 Å². The second kappa shape index (κ2) is 5.43. The monoisotopic (exact) mass is 211 g/mol. The Morgan fingerprint density at radius 1 is 1.33 bits per heavy atom. The molecule has 0 atom stereocenters. The second-order valence-electron chi connectivity index (χ2n) is 2.78. The molecule has 0 saturated heterocycles. The van der Waals surface area contributed by atoms with Gasteiger partial charge in [-0.3, -0.25) is 4.79 Å². The van der Waals surface area contributed by atoms with E-state index in [4.69, 9.17) is 14.2 Å².